The number of hydrogen-bond donors (Lipinski definition) is 0. The van der Waals surface area contributed by atoms with Crippen molar-refractivity contribution in [3.63, 3.8) is 0 Å². The predicted octanol–water partition coefficient (Wildman–Crippen LogP) is 2.91. The highest BCUT2D eigenvalue weighted by atomic mass is 16.2. The van der Waals surface area contributed by atoms with Gasteiger partial charge in [0.05, 0.1) is 0 Å². The number of piperidine rings is 1. The summed E-state index contributed by atoms with van der Waals surface area (Å²) in [5.41, 5.74) is 2.58. The summed E-state index contributed by atoms with van der Waals surface area (Å²) in [5.74, 6) is 0.345. The molecule has 1 amide bonds. The van der Waals surface area contributed by atoms with Gasteiger partial charge in [-0.05, 0) is 57.5 Å². The monoisotopic (exact) mass is 329 g/mol. The Morgan fingerprint density at radius 1 is 1.12 bits per heavy atom. The number of benzene rings is 1. The van der Waals surface area contributed by atoms with E-state index in [9.17, 15) is 4.79 Å². The summed E-state index contributed by atoms with van der Waals surface area (Å²) in [7, 11) is 2.20. The van der Waals surface area contributed by atoms with E-state index in [1.165, 1.54) is 37.1 Å². The number of rotatable bonds is 4. The van der Waals surface area contributed by atoms with Gasteiger partial charge in [0.25, 0.3) is 0 Å². The Kier molecular flexibility index (Phi) is 5.77. The van der Waals surface area contributed by atoms with Crippen LogP contribution in [-0.2, 0) is 4.79 Å². The number of carbonyl (C=O) groups excluding carboxylic acids is 1. The summed E-state index contributed by atoms with van der Waals surface area (Å²) < 4.78 is 0. The fourth-order valence-electron chi connectivity index (χ4n) is 4.00. The minimum atomic E-state index is 0.345. The molecule has 0 spiro atoms. The Morgan fingerprint density at radius 3 is 2.62 bits per heavy atom. The van der Waals surface area contributed by atoms with Crippen molar-refractivity contribution in [1.29, 1.82) is 0 Å². The molecule has 0 N–H and O–H groups in total. The van der Waals surface area contributed by atoms with E-state index in [2.05, 4.69) is 52.9 Å². The molecule has 0 aromatic heterocycles. The van der Waals surface area contributed by atoms with Gasteiger partial charge in [-0.1, -0.05) is 18.6 Å². The first-order valence-corrected chi connectivity index (χ1v) is 9.43. The molecule has 0 saturated carbocycles. The maximum absolute atomic E-state index is 12.5. The first kappa shape index (κ1) is 17.3. The first-order valence-electron chi connectivity index (χ1n) is 9.43. The fourth-order valence-corrected chi connectivity index (χ4v) is 4.00. The van der Waals surface area contributed by atoms with E-state index < -0.39 is 0 Å². The Morgan fingerprint density at radius 2 is 1.92 bits per heavy atom. The van der Waals surface area contributed by atoms with Crippen molar-refractivity contribution in [2.75, 3.05) is 44.7 Å². The molecule has 4 nitrogen and oxygen atoms in total. The van der Waals surface area contributed by atoms with Gasteiger partial charge in [-0.2, -0.15) is 0 Å². The maximum atomic E-state index is 12.5. The van der Waals surface area contributed by atoms with Crippen LogP contribution in [0.4, 0.5) is 5.69 Å². The van der Waals surface area contributed by atoms with Gasteiger partial charge in [-0.3, -0.25) is 4.79 Å². The van der Waals surface area contributed by atoms with Crippen LogP contribution in [0.3, 0.4) is 0 Å². The molecule has 2 heterocycles. The van der Waals surface area contributed by atoms with Gasteiger partial charge >= 0.3 is 0 Å². The summed E-state index contributed by atoms with van der Waals surface area (Å²) in [5, 5.41) is 0. The van der Waals surface area contributed by atoms with Crippen LogP contribution in [-0.4, -0.2) is 61.5 Å². The van der Waals surface area contributed by atoms with Crippen molar-refractivity contribution in [3.8, 4) is 0 Å². The van der Waals surface area contributed by atoms with Crippen LogP contribution in [0.25, 0.3) is 0 Å². The Balaban J connectivity index is 1.45. The lowest BCUT2D eigenvalue weighted by Crippen LogP contribution is -2.49. The number of hydrogen-bond acceptors (Lipinski definition) is 3. The molecule has 2 fully saturated rings. The van der Waals surface area contributed by atoms with Gasteiger partial charge in [0.1, 0.15) is 0 Å². The fraction of sp³-hybridized carbons (Fsp3) is 0.650. The zero-order valence-electron chi connectivity index (χ0n) is 15.2. The lowest BCUT2D eigenvalue weighted by Gasteiger charge is -2.37. The summed E-state index contributed by atoms with van der Waals surface area (Å²) in [6.45, 7) is 6.91. The van der Waals surface area contributed by atoms with Crippen LogP contribution in [0.5, 0.6) is 0 Å². The second-order valence-corrected chi connectivity index (χ2v) is 7.38. The topological polar surface area (TPSA) is 26.8 Å². The van der Waals surface area contributed by atoms with Crippen molar-refractivity contribution in [2.45, 2.75) is 45.1 Å². The van der Waals surface area contributed by atoms with Gasteiger partial charge in [0, 0.05) is 44.3 Å². The molecule has 2 saturated heterocycles. The van der Waals surface area contributed by atoms with Crippen molar-refractivity contribution in [1.82, 2.24) is 9.80 Å². The Labute approximate surface area is 146 Å². The quantitative estimate of drug-likeness (QED) is 0.850. The van der Waals surface area contributed by atoms with E-state index in [0.29, 0.717) is 18.4 Å². The van der Waals surface area contributed by atoms with Crippen molar-refractivity contribution < 1.29 is 4.79 Å². The maximum Gasteiger partial charge on any atom is 0.222 e. The summed E-state index contributed by atoms with van der Waals surface area (Å²) >= 11 is 0. The molecule has 1 unspecified atom stereocenters. The molecule has 1 aromatic rings. The van der Waals surface area contributed by atoms with Crippen LogP contribution < -0.4 is 4.90 Å². The van der Waals surface area contributed by atoms with E-state index in [-0.39, 0.29) is 0 Å². The molecule has 3 rings (SSSR count). The van der Waals surface area contributed by atoms with E-state index in [1.54, 1.807) is 0 Å². The highest BCUT2D eigenvalue weighted by Gasteiger charge is 2.24. The van der Waals surface area contributed by atoms with Gasteiger partial charge < -0.3 is 14.7 Å². The summed E-state index contributed by atoms with van der Waals surface area (Å²) in [4.78, 5) is 19.4. The van der Waals surface area contributed by atoms with Crippen LogP contribution in [0.15, 0.2) is 24.3 Å². The van der Waals surface area contributed by atoms with Crippen LogP contribution in [0, 0.1) is 6.92 Å². The van der Waals surface area contributed by atoms with Crippen molar-refractivity contribution in [2.24, 2.45) is 0 Å². The minimum absolute atomic E-state index is 0.345. The smallest absolute Gasteiger partial charge is 0.222 e. The van der Waals surface area contributed by atoms with E-state index >= 15 is 0 Å². The average Bonchev–Trinajstić information content (AvgIpc) is 2.61. The molecular weight excluding hydrogens is 298 g/mol. The zero-order chi connectivity index (χ0) is 16.9. The normalized spacial score (nSPS) is 22.7. The number of piperazine rings is 1. The third-order valence-electron chi connectivity index (χ3n) is 5.61. The standard InChI is InChI=1S/C20H31N3O/c1-17-6-5-8-19(16-17)22-12-14-23(15-13-22)20(24)10-9-18-7-3-4-11-21(18)2/h5-6,8,16,18H,3-4,7,9-15H2,1-2H3. The largest absolute Gasteiger partial charge is 0.368 e. The summed E-state index contributed by atoms with van der Waals surface area (Å²) in [6, 6.07) is 9.25. The zero-order valence-corrected chi connectivity index (χ0v) is 15.2. The van der Waals surface area contributed by atoms with Gasteiger partial charge in [-0.15, -0.1) is 0 Å². The molecule has 0 bridgehead atoms. The molecule has 0 radical (unpaired) electrons. The average molecular weight is 329 g/mol. The molecule has 1 atom stereocenters. The van der Waals surface area contributed by atoms with E-state index in [4.69, 9.17) is 0 Å². The lowest BCUT2D eigenvalue weighted by atomic mass is 9.98. The van der Waals surface area contributed by atoms with Crippen LogP contribution in [0.1, 0.15) is 37.7 Å². The number of carbonyl (C=O) groups is 1. The van der Waals surface area contributed by atoms with Crippen LogP contribution in [0.2, 0.25) is 0 Å². The van der Waals surface area contributed by atoms with Crippen molar-refractivity contribution >= 4 is 11.6 Å². The number of anilines is 1. The van der Waals surface area contributed by atoms with E-state index in [0.717, 1.165) is 32.6 Å². The number of amides is 1. The van der Waals surface area contributed by atoms with Crippen molar-refractivity contribution in [3.05, 3.63) is 29.8 Å². The first-order chi connectivity index (χ1) is 11.6. The second-order valence-electron chi connectivity index (χ2n) is 7.38. The minimum Gasteiger partial charge on any atom is -0.368 e. The van der Waals surface area contributed by atoms with E-state index in [1.807, 2.05) is 0 Å². The highest BCUT2D eigenvalue weighted by Crippen LogP contribution is 2.21. The SMILES string of the molecule is Cc1cccc(N2CCN(C(=O)CCC3CCCCN3C)CC2)c1. The van der Waals surface area contributed by atoms with Gasteiger partial charge in [0.15, 0.2) is 0 Å². The number of likely N-dealkylation sites (tertiary alicyclic amines) is 1. The van der Waals surface area contributed by atoms with Gasteiger partial charge in [-0.25, -0.2) is 0 Å². The number of nitrogens with zero attached hydrogens (tertiary/aromatic N) is 3. The molecular formula is C20H31N3O. The highest BCUT2D eigenvalue weighted by molar-refractivity contribution is 5.76. The van der Waals surface area contributed by atoms with Gasteiger partial charge in [0.2, 0.25) is 5.91 Å². The molecule has 2 aliphatic rings. The predicted molar refractivity (Wildman–Crippen MR) is 99.5 cm³/mol. The molecule has 132 valence electrons. The third kappa shape index (κ3) is 4.29. The Hall–Kier alpha value is -1.55. The lowest BCUT2D eigenvalue weighted by molar-refractivity contribution is -0.131. The molecule has 4 heteroatoms. The molecule has 24 heavy (non-hydrogen) atoms. The summed E-state index contributed by atoms with van der Waals surface area (Å²) in [6.07, 6.45) is 5.61. The third-order valence-corrected chi connectivity index (χ3v) is 5.61. The van der Waals surface area contributed by atoms with Crippen LogP contribution >= 0.6 is 0 Å². The molecule has 0 aliphatic carbocycles. The molecule has 1 aromatic carbocycles. The number of aryl methyl sites for hydroxylation is 1. The Bertz CT molecular complexity index is 552. The molecule has 2 aliphatic heterocycles. The second kappa shape index (κ2) is 8.02.